The molecule has 0 aromatic heterocycles. The molecule has 6 heteroatoms. The van der Waals surface area contributed by atoms with Crippen molar-refractivity contribution in [2.75, 3.05) is 11.4 Å². The number of rotatable bonds is 3. The Morgan fingerprint density at radius 1 is 1.11 bits per heavy atom. The number of halogens is 1. The van der Waals surface area contributed by atoms with Gasteiger partial charge in [0.2, 0.25) is 11.8 Å². The van der Waals surface area contributed by atoms with Gasteiger partial charge in [0.1, 0.15) is 11.9 Å². The minimum Gasteiger partial charge on any atom is -0.344 e. The molecule has 3 aliphatic rings. The van der Waals surface area contributed by atoms with Crippen LogP contribution < -0.4 is 16.0 Å². The first kappa shape index (κ1) is 18.4. The molecule has 27 heavy (non-hydrogen) atoms. The van der Waals surface area contributed by atoms with E-state index in [9.17, 15) is 14.0 Å². The topological polar surface area (TPSA) is 75.4 Å². The number of amides is 2. The van der Waals surface area contributed by atoms with Crippen LogP contribution in [0.3, 0.4) is 0 Å². The molecule has 1 aliphatic heterocycles. The van der Waals surface area contributed by atoms with Gasteiger partial charge in [0.15, 0.2) is 0 Å². The SMILES string of the molecule is NC1C2CCCC1CC(C(=O)NC1CCCN(c3ccccc3F)C1=O)C2. The van der Waals surface area contributed by atoms with E-state index in [-0.39, 0.29) is 23.8 Å². The van der Waals surface area contributed by atoms with Crippen LogP contribution in [0.25, 0.3) is 0 Å². The summed E-state index contributed by atoms with van der Waals surface area (Å²) in [6.45, 7) is 0.481. The highest BCUT2D eigenvalue weighted by atomic mass is 19.1. The van der Waals surface area contributed by atoms with Gasteiger partial charge in [-0.15, -0.1) is 0 Å². The number of hydrogen-bond acceptors (Lipinski definition) is 3. The third kappa shape index (κ3) is 3.59. The monoisotopic (exact) mass is 373 g/mol. The summed E-state index contributed by atoms with van der Waals surface area (Å²) in [5, 5.41) is 2.97. The summed E-state index contributed by atoms with van der Waals surface area (Å²) in [5.41, 5.74) is 6.61. The van der Waals surface area contributed by atoms with Crippen LogP contribution in [0.15, 0.2) is 24.3 Å². The Balaban J connectivity index is 1.42. The molecule has 1 heterocycles. The lowest BCUT2D eigenvalue weighted by molar-refractivity contribution is -0.132. The molecule has 146 valence electrons. The minimum absolute atomic E-state index is 0.0347. The summed E-state index contributed by atoms with van der Waals surface area (Å²) in [6, 6.07) is 5.95. The number of para-hydroxylation sites is 1. The molecule has 1 aromatic rings. The van der Waals surface area contributed by atoms with Gasteiger partial charge in [-0.25, -0.2) is 4.39 Å². The average molecular weight is 373 g/mol. The largest absolute Gasteiger partial charge is 0.344 e. The van der Waals surface area contributed by atoms with Crippen LogP contribution in [0.2, 0.25) is 0 Å². The molecule has 2 amide bonds. The van der Waals surface area contributed by atoms with Gasteiger partial charge in [-0.05, 0) is 62.5 Å². The smallest absolute Gasteiger partial charge is 0.249 e. The first-order valence-corrected chi connectivity index (χ1v) is 10.2. The summed E-state index contributed by atoms with van der Waals surface area (Å²) in [5.74, 6) is 0.124. The van der Waals surface area contributed by atoms with Crippen LogP contribution in [0.1, 0.15) is 44.9 Å². The molecule has 3 fully saturated rings. The maximum atomic E-state index is 14.1. The van der Waals surface area contributed by atoms with Crippen molar-refractivity contribution in [2.45, 2.75) is 57.0 Å². The van der Waals surface area contributed by atoms with Gasteiger partial charge in [0, 0.05) is 18.5 Å². The fourth-order valence-corrected chi connectivity index (χ4v) is 5.21. The Morgan fingerprint density at radius 2 is 1.81 bits per heavy atom. The van der Waals surface area contributed by atoms with Gasteiger partial charge in [0.05, 0.1) is 5.69 Å². The standard InChI is InChI=1S/C21H28FN3O2/c22-16-7-1-2-9-18(16)25-10-4-8-17(21(25)27)24-20(26)15-11-13-5-3-6-14(12-15)19(13)23/h1-2,7,9,13-15,17,19H,3-6,8,10-12,23H2,(H,24,26). The second-order valence-electron chi connectivity index (χ2n) is 8.34. The first-order valence-electron chi connectivity index (χ1n) is 10.2. The lowest BCUT2D eigenvalue weighted by Crippen LogP contribution is -2.55. The maximum absolute atomic E-state index is 14.1. The molecule has 4 rings (SSSR count). The lowest BCUT2D eigenvalue weighted by atomic mass is 9.65. The molecule has 2 bridgehead atoms. The van der Waals surface area contributed by atoms with Gasteiger partial charge in [-0.3, -0.25) is 9.59 Å². The highest BCUT2D eigenvalue weighted by molar-refractivity contribution is 6.00. The molecule has 2 aliphatic carbocycles. The van der Waals surface area contributed by atoms with Crippen LogP contribution in [-0.2, 0) is 9.59 Å². The highest BCUT2D eigenvalue weighted by Crippen LogP contribution is 2.42. The number of nitrogens with one attached hydrogen (secondary N) is 1. The Morgan fingerprint density at radius 3 is 2.52 bits per heavy atom. The highest BCUT2D eigenvalue weighted by Gasteiger charge is 2.41. The van der Waals surface area contributed by atoms with E-state index >= 15 is 0 Å². The Labute approximate surface area is 159 Å². The van der Waals surface area contributed by atoms with Gasteiger partial charge in [-0.2, -0.15) is 0 Å². The molecule has 3 unspecified atom stereocenters. The molecule has 1 aromatic carbocycles. The van der Waals surface area contributed by atoms with Gasteiger partial charge in [0.25, 0.3) is 0 Å². The summed E-state index contributed by atoms with van der Waals surface area (Å²) < 4.78 is 14.1. The number of piperidine rings is 1. The molecule has 3 atom stereocenters. The van der Waals surface area contributed by atoms with E-state index < -0.39 is 11.9 Å². The van der Waals surface area contributed by atoms with Crippen LogP contribution in [0.4, 0.5) is 10.1 Å². The molecular formula is C21H28FN3O2. The zero-order valence-electron chi connectivity index (χ0n) is 15.6. The van der Waals surface area contributed by atoms with Crippen molar-refractivity contribution < 1.29 is 14.0 Å². The zero-order valence-corrected chi connectivity index (χ0v) is 15.6. The molecule has 3 N–H and O–H groups in total. The number of hydrogen-bond donors (Lipinski definition) is 2. The fourth-order valence-electron chi connectivity index (χ4n) is 5.21. The molecule has 5 nitrogen and oxygen atoms in total. The quantitative estimate of drug-likeness (QED) is 0.855. The van der Waals surface area contributed by atoms with Gasteiger partial charge >= 0.3 is 0 Å². The molecule has 0 spiro atoms. The maximum Gasteiger partial charge on any atom is 0.249 e. The number of nitrogens with two attached hydrogens (primary N) is 1. The van der Waals surface area contributed by atoms with Crippen LogP contribution in [0.5, 0.6) is 0 Å². The van der Waals surface area contributed by atoms with Crippen molar-refractivity contribution in [2.24, 2.45) is 23.5 Å². The predicted octanol–water partition coefficient (Wildman–Crippen LogP) is 2.59. The van der Waals surface area contributed by atoms with Crippen molar-refractivity contribution in [3.63, 3.8) is 0 Å². The van der Waals surface area contributed by atoms with Crippen LogP contribution in [0, 0.1) is 23.6 Å². The summed E-state index contributed by atoms with van der Waals surface area (Å²) in [4.78, 5) is 27.2. The predicted molar refractivity (Wildman–Crippen MR) is 101 cm³/mol. The molecule has 1 saturated heterocycles. The number of carbonyl (C=O) groups excluding carboxylic acids is 2. The Bertz CT molecular complexity index is 711. The number of fused-ring (bicyclic) bond motifs is 2. The van der Waals surface area contributed by atoms with E-state index in [2.05, 4.69) is 5.32 Å². The average Bonchev–Trinajstić information content (AvgIpc) is 2.64. The van der Waals surface area contributed by atoms with Crippen molar-refractivity contribution in [1.29, 1.82) is 0 Å². The minimum atomic E-state index is -0.568. The third-order valence-electron chi connectivity index (χ3n) is 6.68. The van der Waals surface area contributed by atoms with E-state index in [1.165, 1.54) is 17.4 Å². The van der Waals surface area contributed by atoms with E-state index in [4.69, 9.17) is 5.73 Å². The lowest BCUT2D eigenvalue weighted by Gasteiger charge is -2.44. The van der Waals surface area contributed by atoms with Crippen molar-refractivity contribution in [3.05, 3.63) is 30.1 Å². The van der Waals surface area contributed by atoms with Crippen molar-refractivity contribution in [3.8, 4) is 0 Å². The van der Waals surface area contributed by atoms with Gasteiger partial charge < -0.3 is 16.0 Å². The normalized spacial score (nSPS) is 33.6. The second-order valence-corrected chi connectivity index (χ2v) is 8.34. The Kier molecular flexibility index (Phi) is 5.17. The van der Waals surface area contributed by atoms with E-state index in [1.807, 2.05) is 0 Å². The van der Waals surface area contributed by atoms with E-state index in [0.717, 1.165) is 32.1 Å². The first-order chi connectivity index (χ1) is 13.0. The van der Waals surface area contributed by atoms with E-state index in [0.29, 0.717) is 30.5 Å². The van der Waals surface area contributed by atoms with Crippen molar-refractivity contribution >= 4 is 17.5 Å². The Hall–Kier alpha value is -1.95. The summed E-state index contributed by atoms with van der Waals surface area (Å²) in [7, 11) is 0. The number of anilines is 1. The van der Waals surface area contributed by atoms with E-state index in [1.54, 1.807) is 18.2 Å². The van der Waals surface area contributed by atoms with Crippen molar-refractivity contribution in [1.82, 2.24) is 5.32 Å². The molecule has 2 saturated carbocycles. The number of carbonyl (C=O) groups is 2. The van der Waals surface area contributed by atoms with Crippen LogP contribution >= 0.6 is 0 Å². The van der Waals surface area contributed by atoms with Crippen LogP contribution in [-0.4, -0.2) is 30.4 Å². The second kappa shape index (κ2) is 7.58. The number of nitrogens with zero attached hydrogens (tertiary/aromatic N) is 1. The molecular weight excluding hydrogens is 345 g/mol. The molecule has 0 radical (unpaired) electrons. The summed E-state index contributed by atoms with van der Waals surface area (Å²) in [6.07, 6.45) is 6.40. The summed E-state index contributed by atoms with van der Waals surface area (Å²) >= 11 is 0. The fraction of sp³-hybridized carbons (Fsp3) is 0.619. The third-order valence-corrected chi connectivity index (χ3v) is 6.68. The van der Waals surface area contributed by atoms with Gasteiger partial charge in [-0.1, -0.05) is 18.6 Å². The zero-order chi connectivity index (χ0) is 19.0. The number of benzene rings is 1.